The third-order valence-electron chi connectivity index (χ3n) is 3.28. The highest BCUT2D eigenvalue weighted by atomic mass is 16.5. The number of hydrogen-bond donors (Lipinski definition) is 2. The molecule has 0 aromatic carbocycles. The highest BCUT2D eigenvalue weighted by molar-refractivity contribution is 5.79. The largest absolute Gasteiger partial charge is 0.385 e. The second kappa shape index (κ2) is 12.0. The van der Waals surface area contributed by atoms with E-state index >= 15 is 0 Å². The quantitative estimate of drug-likeness (QED) is 0.365. The summed E-state index contributed by atoms with van der Waals surface area (Å²) >= 11 is 0. The maximum Gasteiger partial charge on any atom is 0.191 e. The Kier molecular flexibility index (Phi) is 10.0. The van der Waals surface area contributed by atoms with Crippen LogP contribution in [0.3, 0.4) is 0 Å². The first kappa shape index (κ1) is 18.4. The fraction of sp³-hybridized carbons (Fsp3) is 0.800. The van der Waals surface area contributed by atoms with Crippen LogP contribution in [0, 0.1) is 0 Å². The molecule has 0 fully saturated rings. The topological polar surface area (TPSA) is 76.4 Å². The molecule has 0 radical (unpaired) electrons. The molecule has 0 aliphatic rings. The van der Waals surface area contributed by atoms with Crippen LogP contribution in [0.25, 0.3) is 0 Å². The lowest BCUT2D eigenvalue weighted by atomic mass is 10.2. The third kappa shape index (κ3) is 7.40. The Hall–Kier alpha value is -1.63. The lowest BCUT2D eigenvalue weighted by molar-refractivity contribution is 0.192. The molecular formula is C15H30N6O. The summed E-state index contributed by atoms with van der Waals surface area (Å²) in [5.74, 6) is 1.89. The van der Waals surface area contributed by atoms with E-state index in [2.05, 4.69) is 44.2 Å². The minimum atomic E-state index is 0.806. The molecular weight excluding hydrogens is 280 g/mol. The average Bonchev–Trinajstić information content (AvgIpc) is 2.98. The van der Waals surface area contributed by atoms with Crippen LogP contribution in [0.4, 0.5) is 0 Å². The van der Waals surface area contributed by atoms with Gasteiger partial charge in [0, 0.05) is 46.3 Å². The maximum absolute atomic E-state index is 5.04. The molecule has 0 aliphatic carbocycles. The molecule has 7 heteroatoms. The molecule has 0 saturated heterocycles. The van der Waals surface area contributed by atoms with Crippen molar-refractivity contribution in [2.75, 3.05) is 33.4 Å². The molecule has 0 saturated carbocycles. The van der Waals surface area contributed by atoms with Crippen molar-refractivity contribution in [3.05, 3.63) is 12.2 Å². The molecule has 0 amide bonds. The van der Waals surface area contributed by atoms with Crippen LogP contribution in [0.5, 0.6) is 0 Å². The first-order chi connectivity index (χ1) is 10.8. The van der Waals surface area contributed by atoms with E-state index in [0.29, 0.717) is 0 Å². The molecule has 0 unspecified atom stereocenters. The van der Waals surface area contributed by atoms with Crippen molar-refractivity contribution in [2.45, 2.75) is 46.1 Å². The molecule has 0 spiro atoms. The second-order valence-electron chi connectivity index (χ2n) is 5.04. The van der Waals surface area contributed by atoms with Gasteiger partial charge in [0.1, 0.15) is 12.2 Å². The van der Waals surface area contributed by atoms with Gasteiger partial charge in [-0.15, -0.1) is 10.2 Å². The maximum atomic E-state index is 5.04. The number of nitrogens with one attached hydrogen (secondary N) is 2. The van der Waals surface area contributed by atoms with E-state index in [4.69, 9.17) is 4.74 Å². The molecule has 126 valence electrons. The van der Waals surface area contributed by atoms with E-state index in [0.717, 1.165) is 70.3 Å². The van der Waals surface area contributed by atoms with Gasteiger partial charge in [-0.25, -0.2) is 0 Å². The highest BCUT2D eigenvalue weighted by Crippen LogP contribution is 1.96. The number of nitrogens with zero attached hydrogens (tertiary/aromatic N) is 4. The fourth-order valence-electron chi connectivity index (χ4n) is 2.10. The van der Waals surface area contributed by atoms with Gasteiger partial charge in [-0.3, -0.25) is 4.99 Å². The first-order valence-corrected chi connectivity index (χ1v) is 8.19. The second-order valence-corrected chi connectivity index (χ2v) is 5.04. The van der Waals surface area contributed by atoms with Crippen molar-refractivity contribution in [1.82, 2.24) is 25.4 Å². The van der Waals surface area contributed by atoms with Crippen molar-refractivity contribution in [1.29, 1.82) is 0 Å². The van der Waals surface area contributed by atoms with Crippen LogP contribution < -0.4 is 10.6 Å². The Morgan fingerprint density at radius 3 is 2.86 bits per heavy atom. The van der Waals surface area contributed by atoms with Crippen LogP contribution in [0.15, 0.2) is 11.3 Å². The molecule has 7 nitrogen and oxygen atoms in total. The van der Waals surface area contributed by atoms with Gasteiger partial charge in [-0.2, -0.15) is 0 Å². The summed E-state index contributed by atoms with van der Waals surface area (Å²) in [6.07, 6.45) is 6.02. The van der Waals surface area contributed by atoms with Gasteiger partial charge in [0.05, 0.1) is 0 Å². The predicted molar refractivity (Wildman–Crippen MR) is 89.1 cm³/mol. The predicted octanol–water partition coefficient (Wildman–Crippen LogP) is 1.21. The Morgan fingerprint density at radius 1 is 1.27 bits per heavy atom. The lowest BCUT2D eigenvalue weighted by Crippen LogP contribution is -2.39. The summed E-state index contributed by atoms with van der Waals surface area (Å²) in [5.41, 5.74) is 0. The normalized spacial score (nSPS) is 11.7. The molecule has 1 heterocycles. The summed E-state index contributed by atoms with van der Waals surface area (Å²) in [5, 5.41) is 14.6. The van der Waals surface area contributed by atoms with Gasteiger partial charge in [-0.1, -0.05) is 6.92 Å². The van der Waals surface area contributed by atoms with Gasteiger partial charge in [0.2, 0.25) is 0 Å². The highest BCUT2D eigenvalue weighted by Gasteiger charge is 2.02. The molecule has 1 rings (SSSR count). The fourth-order valence-corrected chi connectivity index (χ4v) is 2.10. The number of ether oxygens (including phenoxy) is 1. The molecule has 1 aromatic rings. The Labute approximate surface area is 133 Å². The minimum Gasteiger partial charge on any atom is -0.385 e. The summed E-state index contributed by atoms with van der Waals surface area (Å²) in [4.78, 5) is 4.59. The third-order valence-corrected chi connectivity index (χ3v) is 3.28. The van der Waals surface area contributed by atoms with Crippen molar-refractivity contribution < 1.29 is 4.74 Å². The molecule has 2 N–H and O–H groups in total. The zero-order chi connectivity index (χ0) is 16.0. The number of unbranched alkanes of at least 4 members (excludes halogenated alkanes) is 2. The van der Waals surface area contributed by atoms with Crippen LogP contribution in [0.1, 0.15) is 38.9 Å². The summed E-state index contributed by atoms with van der Waals surface area (Å²) < 4.78 is 7.11. The molecule has 0 bridgehead atoms. The van der Waals surface area contributed by atoms with Crippen LogP contribution in [-0.2, 0) is 17.7 Å². The van der Waals surface area contributed by atoms with E-state index in [1.54, 1.807) is 13.4 Å². The Balaban J connectivity index is 2.27. The average molecular weight is 310 g/mol. The lowest BCUT2D eigenvalue weighted by Gasteiger charge is -2.12. The van der Waals surface area contributed by atoms with E-state index < -0.39 is 0 Å². The Bertz CT molecular complexity index is 418. The van der Waals surface area contributed by atoms with Crippen LogP contribution in [-0.4, -0.2) is 54.1 Å². The van der Waals surface area contributed by atoms with E-state index in [1.807, 2.05) is 0 Å². The van der Waals surface area contributed by atoms with Crippen molar-refractivity contribution in [3.8, 4) is 0 Å². The SMILES string of the molecule is CCNC(=NCCCCCOC)NCCn1cnnc1CC. The van der Waals surface area contributed by atoms with Gasteiger partial charge in [0.15, 0.2) is 5.96 Å². The Morgan fingerprint density at radius 2 is 2.14 bits per heavy atom. The summed E-state index contributed by atoms with van der Waals surface area (Å²) in [6.45, 7) is 8.34. The number of aryl methyl sites for hydroxylation is 1. The first-order valence-electron chi connectivity index (χ1n) is 8.19. The summed E-state index contributed by atoms with van der Waals surface area (Å²) in [7, 11) is 1.74. The zero-order valence-electron chi connectivity index (χ0n) is 14.1. The van der Waals surface area contributed by atoms with Gasteiger partial charge in [-0.05, 0) is 26.2 Å². The summed E-state index contributed by atoms with van der Waals surface area (Å²) in [6, 6.07) is 0. The zero-order valence-corrected chi connectivity index (χ0v) is 14.1. The van der Waals surface area contributed by atoms with Gasteiger partial charge >= 0.3 is 0 Å². The van der Waals surface area contributed by atoms with Crippen LogP contribution >= 0.6 is 0 Å². The number of aromatic nitrogens is 3. The molecule has 1 aromatic heterocycles. The standard InChI is InChI=1S/C15H30N6O/c1-4-14-20-19-13-21(14)11-10-18-15(16-5-2)17-9-7-6-8-12-22-3/h13H,4-12H2,1-3H3,(H2,16,17,18). The molecule has 22 heavy (non-hydrogen) atoms. The smallest absolute Gasteiger partial charge is 0.191 e. The van der Waals surface area contributed by atoms with Gasteiger partial charge in [0.25, 0.3) is 0 Å². The van der Waals surface area contributed by atoms with E-state index in [-0.39, 0.29) is 0 Å². The van der Waals surface area contributed by atoms with Crippen molar-refractivity contribution in [3.63, 3.8) is 0 Å². The molecule has 0 aliphatic heterocycles. The van der Waals surface area contributed by atoms with Gasteiger partial charge < -0.3 is 19.9 Å². The number of aliphatic imine (C=N–C) groups is 1. The van der Waals surface area contributed by atoms with E-state index in [1.165, 1.54) is 0 Å². The number of rotatable bonds is 11. The van der Waals surface area contributed by atoms with Crippen LogP contribution in [0.2, 0.25) is 0 Å². The number of guanidine groups is 1. The number of methoxy groups -OCH3 is 1. The van der Waals surface area contributed by atoms with E-state index in [9.17, 15) is 0 Å². The van der Waals surface area contributed by atoms with Crippen molar-refractivity contribution in [2.24, 2.45) is 4.99 Å². The number of hydrogen-bond acceptors (Lipinski definition) is 4. The monoisotopic (exact) mass is 310 g/mol. The molecule has 0 atom stereocenters. The minimum absolute atomic E-state index is 0.806. The van der Waals surface area contributed by atoms with Crippen molar-refractivity contribution >= 4 is 5.96 Å².